The van der Waals surface area contributed by atoms with Crippen molar-refractivity contribution in [3.8, 4) is 17.3 Å². The number of ether oxygens (including phenoxy) is 2. The monoisotopic (exact) mass is 549 g/mol. The highest BCUT2D eigenvalue weighted by atomic mass is 35.5. The van der Waals surface area contributed by atoms with Crippen molar-refractivity contribution in [1.82, 2.24) is 9.66 Å². The highest BCUT2D eigenvalue weighted by molar-refractivity contribution is 6.37. The molecule has 0 atom stereocenters. The number of halogens is 2. The second-order valence-electron chi connectivity index (χ2n) is 8.60. The van der Waals surface area contributed by atoms with Crippen LogP contribution in [0.3, 0.4) is 0 Å². The summed E-state index contributed by atoms with van der Waals surface area (Å²) >= 11 is 12.7. The Hall–Kier alpha value is -4.14. The predicted molar refractivity (Wildman–Crippen MR) is 147 cm³/mol. The summed E-state index contributed by atoms with van der Waals surface area (Å²) in [6.45, 7) is 3.13. The van der Waals surface area contributed by atoms with E-state index >= 15 is 0 Å². The number of aromatic nitrogens is 2. The third-order valence-electron chi connectivity index (χ3n) is 5.44. The molecule has 38 heavy (non-hydrogen) atoms. The lowest BCUT2D eigenvalue weighted by atomic mass is 10.2. The van der Waals surface area contributed by atoms with Crippen molar-refractivity contribution in [2.24, 2.45) is 5.10 Å². The molecule has 0 amide bonds. The fourth-order valence-corrected chi connectivity index (χ4v) is 4.44. The molecule has 192 valence electrons. The molecule has 2 heterocycles. The molecule has 0 aliphatic heterocycles. The minimum atomic E-state index is -0.543. The summed E-state index contributed by atoms with van der Waals surface area (Å²) in [5.41, 5.74) is 1.30. The number of benzene rings is 3. The molecule has 2 aromatic heterocycles. The van der Waals surface area contributed by atoms with Crippen LogP contribution in [-0.2, 0) is 9.53 Å². The third kappa shape index (κ3) is 5.27. The highest BCUT2D eigenvalue weighted by Crippen LogP contribution is 2.34. The average molecular weight is 550 g/mol. The fraction of sp³-hybridized carbons (Fsp3) is 0.143. The van der Waals surface area contributed by atoms with Crippen LogP contribution in [0.15, 0.2) is 81.0 Å². The quantitative estimate of drug-likeness (QED) is 0.174. The zero-order valence-corrected chi connectivity index (χ0v) is 21.9. The minimum absolute atomic E-state index is 0.138. The zero-order valence-electron chi connectivity index (χ0n) is 20.4. The highest BCUT2D eigenvalue weighted by Gasteiger charge is 2.17. The molecule has 0 radical (unpaired) electrons. The Balaban J connectivity index is 1.52. The van der Waals surface area contributed by atoms with Gasteiger partial charge >= 0.3 is 5.97 Å². The van der Waals surface area contributed by atoms with E-state index in [-0.39, 0.29) is 39.9 Å². The number of nitrogens with zero attached hydrogens (tertiary/aromatic N) is 3. The number of esters is 1. The van der Waals surface area contributed by atoms with Crippen molar-refractivity contribution in [3.63, 3.8) is 0 Å². The molecule has 0 saturated carbocycles. The molecular formula is C28H21Cl2N3O5. The Morgan fingerprint density at radius 3 is 2.53 bits per heavy atom. The maximum atomic E-state index is 13.4. The number of rotatable bonds is 7. The lowest BCUT2D eigenvalue weighted by Crippen LogP contribution is -2.20. The summed E-state index contributed by atoms with van der Waals surface area (Å²) in [6, 6.07) is 19.4. The molecule has 0 saturated heterocycles. The summed E-state index contributed by atoms with van der Waals surface area (Å²) in [6.07, 6.45) is 1.16. The second-order valence-corrected chi connectivity index (χ2v) is 9.42. The summed E-state index contributed by atoms with van der Waals surface area (Å²) < 4.78 is 17.7. The van der Waals surface area contributed by atoms with Crippen molar-refractivity contribution >= 4 is 57.3 Å². The van der Waals surface area contributed by atoms with Gasteiger partial charge in [-0.3, -0.25) is 4.79 Å². The van der Waals surface area contributed by atoms with Crippen molar-refractivity contribution in [3.05, 3.63) is 92.7 Å². The van der Waals surface area contributed by atoms with E-state index in [0.29, 0.717) is 27.8 Å². The lowest BCUT2D eigenvalue weighted by Gasteiger charge is -2.12. The number of fused-ring (bicyclic) bond motifs is 2. The van der Waals surface area contributed by atoms with E-state index in [0.717, 1.165) is 5.39 Å². The smallest absolute Gasteiger partial charge is 0.344 e. The van der Waals surface area contributed by atoms with Gasteiger partial charge in [-0.25, -0.2) is 9.78 Å². The van der Waals surface area contributed by atoms with Gasteiger partial charge in [-0.2, -0.15) is 9.78 Å². The Kier molecular flexibility index (Phi) is 7.18. The van der Waals surface area contributed by atoms with E-state index in [4.69, 9.17) is 37.1 Å². The van der Waals surface area contributed by atoms with E-state index in [1.165, 1.54) is 10.9 Å². The van der Waals surface area contributed by atoms with Crippen molar-refractivity contribution in [2.45, 2.75) is 20.0 Å². The first-order valence-corrected chi connectivity index (χ1v) is 12.4. The number of furan rings is 1. The van der Waals surface area contributed by atoms with Crippen LogP contribution in [0, 0.1) is 0 Å². The number of carbonyl (C=O) groups is 1. The molecule has 0 aliphatic carbocycles. The van der Waals surface area contributed by atoms with E-state index in [2.05, 4.69) is 10.1 Å². The largest absolute Gasteiger partial charge is 0.479 e. The predicted octanol–water partition coefficient (Wildman–Crippen LogP) is 6.33. The number of hydrogen-bond acceptors (Lipinski definition) is 7. The topological polar surface area (TPSA) is 95.9 Å². The second kappa shape index (κ2) is 10.7. The first-order valence-electron chi connectivity index (χ1n) is 11.7. The Morgan fingerprint density at radius 2 is 1.79 bits per heavy atom. The van der Waals surface area contributed by atoms with Crippen LogP contribution in [0.5, 0.6) is 5.75 Å². The molecule has 0 unspecified atom stereocenters. The maximum Gasteiger partial charge on any atom is 0.344 e. The van der Waals surface area contributed by atoms with Gasteiger partial charge in [-0.1, -0.05) is 53.5 Å². The number of carbonyl (C=O) groups excluding carboxylic acids is 1. The molecule has 5 aromatic rings. The van der Waals surface area contributed by atoms with Crippen LogP contribution in [0.25, 0.3) is 33.5 Å². The van der Waals surface area contributed by atoms with Gasteiger partial charge in [-0.05, 0) is 55.8 Å². The molecule has 5 rings (SSSR count). The molecule has 0 spiro atoms. The summed E-state index contributed by atoms with van der Waals surface area (Å²) in [5, 5.41) is 6.01. The molecule has 0 bridgehead atoms. The van der Waals surface area contributed by atoms with E-state index in [1.54, 1.807) is 50.2 Å². The fourth-order valence-electron chi connectivity index (χ4n) is 3.83. The Labute approximate surface area is 227 Å². The molecule has 3 aromatic carbocycles. The molecule has 0 N–H and O–H groups in total. The first-order chi connectivity index (χ1) is 18.3. The normalized spacial score (nSPS) is 11.6. The van der Waals surface area contributed by atoms with E-state index in [1.807, 2.05) is 30.3 Å². The van der Waals surface area contributed by atoms with Crippen LogP contribution < -0.4 is 10.3 Å². The average Bonchev–Trinajstić information content (AvgIpc) is 3.31. The Bertz CT molecular complexity index is 1700. The van der Waals surface area contributed by atoms with Crippen LogP contribution in [-0.4, -0.2) is 34.6 Å². The number of para-hydroxylation sites is 2. The maximum absolute atomic E-state index is 13.4. The van der Waals surface area contributed by atoms with Crippen molar-refractivity contribution in [2.75, 3.05) is 6.61 Å². The van der Waals surface area contributed by atoms with Crippen LogP contribution >= 0.6 is 23.2 Å². The van der Waals surface area contributed by atoms with Crippen LogP contribution in [0.2, 0.25) is 10.0 Å². The molecule has 10 heteroatoms. The molecule has 0 aliphatic rings. The standard InChI is InChI=1S/C28H21Cl2N3O5/c1-16(2)37-25(34)15-36-26-20(29)11-17(12-21(26)30)14-31-33-27(24-13-18-7-3-6-10-23(18)38-24)32-22-9-5-4-8-19(22)28(33)35/h3-14,16H,15H2,1-2H3. The minimum Gasteiger partial charge on any atom is -0.479 e. The SMILES string of the molecule is CC(C)OC(=O)COc1c(Cl)cc(C=Nn2c(-c3cc4ccccc4o3)nc3ccccc3c2=O)cc1Cl. The molecule has 8 nitrogen and oxygen atoms in total. The van der Waals surface area contributed by atoms with Crippen molar-refractivity contribution < 1.29 is 18.7 Å². The van der Waals surface area contributed by atoms with Gasteiger partial charge in [0.15, 0.2) is 18.1 Å². The van der Waals surface area contributed by atoms with Gasteiger partial charge in [0.1, 0.15) is 5.58 Å². The lowest BCUT2D eigenvalue weighted by molar-refractivity contribution is -0.149. The summed E-state index contributed by atoms with van der Waals surface area (Å²) in [4.78, 5) is 29.9. The number of hydrogen-bond donors (Lipinski definition) is 0. The summed E-state index contributed by atoms with van der Waals surface area (Å²) in [5.74, 6) is 0.221. The van der Waals surface area contributed by atoms with Crippen LogP contribution in [0.4, 0.5) is 0 Å². The van der Waals surface area contributed by atoms with Crippen LogP contribution in [0.1, 0.15) is 19.4 Å². The van der Waals surface area contributed by atoms with E-state index in [9.17, 15) is 9.59 Å². The Morgan fingerprint density at radius 1 is 1.08 bits per heavy atom. The summed E-state index contributed by atoms with van der Waals surface area (Å²) in [7, 11) is 0. The van der Waals surface area contributed by atoms with Gasteiger partial charge in [-0.15, -0.1) is 0 Å². The molecular weight excluding hydrogens is 529 g/mol. The van der Waals surface area contributed by atoms with Gasteiger partial charge in [0.2, 0.25) is 5.82 Å². The van der Waals surface area contributed by atoms with Gasteiger partial charge < -0.3 is 13.9 Å². The van der Waals surface area contributed by atoms with Crippen molar-refractivity contribution in [1.29, 1.82) is 0 Å². The third-order valence-corrected chi connectivity index (χ3v) is 6.01. The molecule has 0 fully saturated rings. The van der Waals surface area contributed by atoms with Gasteiger partial charge in [0.05, 0.1) is 33.3 Å². The van der Waals surface area contributed by atoms with E-state index < -0.39 is 5.97 Å². The zero-order chi connectivity index (χ0) is 26.8. The first kappa shape index (κ1) is 25.5. The van der Waals surface area contributed by atoms with Gasteiger partial charge in [0, 0.05) is 5.39 Å². The van der Waals surface area contributed by atoms with Gasteiger partial charge in [0.25, 0.3) is 5.56 Å².